The van der Waals surface area contributed by atoms with Gasteiger partial charge in [0.25, 0.3) is 0 Å². The molecular formula is C12H19ClN2O. The van der Waals surface area contributed by atoms with Crippen LogP contribution >= 0.6 is 11.6 Å². The first-order chi connectivity index (χ1) is 7.74. The van der Waals surface area contributed by atoms with Crippen molar-refractivity contribution in [2.45, 2.75) is 19.8 Å². The minimum atomic E-state index is 0.684. The van der Waals surface area contributed by atoms with Gasteiger partial charge in [0, 0.05) is 18.2 Å². The van der Waals surface area contributed by atoms with Gasteiger partial charge >= 0.3 is 0 Å². The molecule has 1 aromatic carbocycles. The SMILES string of the molecule is CCCCOCCNc1cc(Cl)ccc1N. The topological polar surface area (TPSA) is 47.3 Å². The molecule has 1 aromatic rings. The van der Waals surface area contributed by atoms with Crippen molar-refractivity contribution in [3.63, 3.8) is 0 Å². The molecule has 0 aliphatic carbocycles. The zero-order valence-corrected chi connectivity index (χ0v) is 10.4. The van der Waals surface area contributed by atoms with Crippen LogP contribution in [0, 0.1) is 0 Å². The molecule has 0 aromatic heterocycles. The van der Waals surface area contributed by atoms with E-state index in [-0.39, 0.29) is 0 Å². The molecule has 0 bridgehead atoms. The summed E-state index contributed by atoms with van der Waals surface area (Å²) in [6.45, 7) is 4.40. The van der Waals surface area contributed by atoms with Crippen molar-refractivity contribution < 1.29 is 4.74 Å². The Balaban J connectivity index is 2.23. The molecular weight excluding hydrogens is 224 g/mol. The van der Waals surface area contributed by atoms with Crippen LogP contribution in [0.2, 0.25) is 5.02 Å². The average molecular weight is 243 g/mol. The Labute approximate surface area is 102 Å². The van der Waals surface area contributed by atoms with Crippen LogP contribution < -0.4 is 11.1 Å². The van der Waals surface area contributed by atoms with Crippen molar-refractivity contribution in [1.82, 2.24) is 0 Å². The molecule has 0 aliphatic heterocycles. The minimum Gasteiger partial charge on any atom is -0.397 e. The highest BCUT2D eigenvalue weighted by Crippen LogP contribution is 2.22. The highest BCUT2D eigenvalue weighted by Gasteiger charge is 1.98. The first-order valence-corrected chi connectivity index (χ1v) is 5.98. The molecule has 0 fully saturated rings. The van der Waals surface area contributed by atoms with Gasteiger partial charge in [0.1, 0.15) is 0 Å². The molecule has 0 unspecified atom stereocenters. The molecule has 3 N–H and O–H groups in total. The van der Waals surface area contributed by atoms with E-state index in [4.69, 9.17) is 22.1 Å². The summed E-state index contributed by atoms with van der Waals surface area (Å²) in [7, 11) is 0. The fraction of sp³-hybridized carbons (Fsp3) is 0.500. The second-order valence-electron chi connectivity index (χ2n) is 3.62. The Bertz CT molecular complexity index is 318. The van der Waals surface area contributed by atoms with Gasteiger partial charge in [-0.1, -0.05) is 24.9 Å². The van der Waals surface area contributed by atoms with Crippen LogP contribution in [0.4, 0.5) is 11.4 Å². The van der Waals surface area contributed by atoms with Crippen molar-refractivity contribution in [3.05, 3.63) is 23.2 Å². The van der Waals surface area contributed by atoms with Crippen molar-refractivity contribution in [2.75, 3.05) is 30.8 Å². The maximum atomic E-state index is 5.87. The molecule has 0 aliphatic rings. The van der Waals surface area contributed by atoms with Gasteiger partial charge in [-0.25, -0.2) is 0 Å². The normalized spacial score (nSPS) is 10.4. The summed E-state index contributed by atoms with van der Waals surface area (Å²) in [6.07, 6.45) is 2.27. The lowest BCUT2D eigenvalue weighted by molar-refractivity contribution is 0.141. The summed E-state index contributed by atoms with van der Waals surface area (Å²) in [5, 5.41) is 3.88. The van der Waals surface area contributed by atoms with Crippen LogP contribution in [-0.4, -0.2) is 19.8 Å². The fourth-order valence-electron chi connectivity index (χ4n) is 1.29. The Morgan fingerprint density at radius 1 is 1.38 bits per heavy atom. The first kappa shape index (κ1) is 13.1. The Morgan fingerprint density at radius 3 is 2.94 bits per heavy atom. The van der Waals surface area contributed by atoms with E-state index in [1.54, 1.807) is 12.1 Å². The number of nitrogens with two attached hydrogens (primary N) is 1. The van der Waals surface area contributed by atoms with Crippen molar-refractivity contribution in [1.29, 1.82) is 0 Å². The molecule has 0 spiro atoms. The third-order valence-corrected chi connectivity index (χ3v) is 2.45. The quantitative estimate of drug-likeness (QED) is 0.570. The minimum absolute atomic E-state index is 0.684. The number of hydrogen-bond acceptors (Lipinski definition) is 3. The second kappa shape index (κ2) is 7.36. The van der Waals surface area contributed by atoms with Crippen molar-refractivity contribution in [2.24, 2.45) is 0 Å². The summed E-state index contributed by atoms with van der Waals surface area (Å²) in [5.41, 5.74) is 7.36. The third-order valence-electron chi connectivity index (χ3n) is 2.22. The number of anilines is 2. The average Bonchev–Trinajstić information content (AvgIpc) is 2.28. The van der Waals surface area contributed by atoms with Crippen LogP contribution in [0.5, 0.6) is 0 Å². The van der Waals surface area contributed by atoms with Gasteiger partial charge in [0.15, 0.2) is 0 Å². The smallest absolute Gasteiger partial charge is 0.0639 e. The Hall–Kier alpha value is -0.930. The van der Waals surface area contributed by atoms with E-state index >= 15 is 0 Å². The number of halogens is 1. The molecule has 16 heavy (non-hydrogen) atoms. The monoisotopic (exact) mass is 242 g/mol. The maximum Gasteiger partial charge on any atom is 0.0639 e. The van der Waals surface area contributed by atoms with E-state index in [1.165, 1.54) is 0 Å². The number of nitrogen functional groups attached to an aromatic ring is 1. The van der Waals surface area contributed by atoms with Crippen molar-refractivity contribution >= 4 is 23.0 Å². The molecule has 1 rings (SSSR count). The Morgan fingerprint density at radius 2 is 2.19 bits per heavy atom. The lowest BCUT2D eigenvalue weighted by atomic mass is 10.2. The maximum absolute atomic E-state index is 5.87. The number of unbranched alkanes of at least 4 members (excludes halogenated alkanes) is 1. The fourth-order valence-corrected chi connectivity index (χ4v) is 1.46. The van der Waals surface area contributed by atoms with Gasteiger partial charge in [-0.15, -0.1) is 0 Å². The molecule has 0 atom stereocenters. The molecule has 4 heteroatoms. The number of benzene rings is 1. The number of ether oxygens (including phenoxy) is 1. The standard InChI is InChI=1S/C12H19ClN2O/c1-2-3-7-16-8-6-15-12-9-10(13)4-5-11(12)14/h4-5,9,15H,2-3,6-8,14H2,1H3. The van der Waals surface area contributed by atoms with Gasteiger partial charge < -0.3 is 15.8 Å². The third kappa shape index (κ3) is 4.73. The van der Waals surface area contributed by atoms with E-state index in [0.29, 0.717) is 17.3 Å². The lowest BCUT2D eigenvalue weighted by Crippen LogP contribution is -2.11. The highest BCUT2D eigenvalue weighted by molar-refractivity contribution is 6.31. The largest absolute Gasteiger partial charge is 0.397 e. The lowest BCUT2D eigenvalue weighted by Gasteiger charge is -2.09. The van der Waals surface area contributed by atoms with E-state index in [2.05, 4.69) is 12.2 Å². The van der Waals surface area contributed by atoms with Gasteiger partial charge in [-0.3, -0.25) is 0 Å². The van der Waals surface area contributed by atoms with E-state index in [1.807, 2.05) is 6.07 Å². The van der Waals surface area contributed by atoms with Gasteiger partial charge in [-0.05, 0) is 24.6 Å². The zero-order valence-electron chi connectivity index (χ0n) is 9.63. The van der Waals surface area contributed by atoms with Crippen LogP contribution in [0.1, 0.15) is 19.8 Å². The van der Waals surface area contributed by atoms with E-state index < -0.39 is 0 Å². The summed E-state index contributed by atoms with van der Waals surface area (Å²) < 4.78 is 5.43. The van der Waals surface area contributed by atoms with Gasteiger partial charge in [0.05, 0.1) is 18.0 Å². The summed E-state index contributed by atoms with van der Waals surface area (Å²) in [5.74, 6) is 0. The van der Waals surface area contributed by atoms with E-state index in [9.17, 15) is 0 Å². The molecule has 3 nitrogen and oxygen atoms in total. The van der Waals surface area contributed by atoms with E-state index in [0.717, 1.165) is 31.7 Å². The molecule has 0 radical (unpaired) electrons. The molecule has 90 valence electrons. The van der Waals surface area contributed by atoms with Gasteiger partial charge in [0.2, 0.25) is 0 Å². The zero-order chi connectivity index (χ0) is 11.8. The predicted octanol–water partition coefficient (Wildman–Crippen LogP) is 3.15. The number of nitrogens with one attached hydrogen (secondary N) is 1. The van der Waals surface area contributed by atoms with Crippen LogP contribution in [0.3, 0.4) is 0 Å². The predicted molar refractivity (Wildman–Crippen MR) is 70.1 cm³/mol. The van der Waals surface area contributed by atoms with Crippen LogP contribution in [0.25, 0.3) is 0 Å². The second-order valence-corrected chi connectivity index (χ2v) is 4.06. The molecule has 0 saturated heterocycles. The van der Waals surface area contributed by atoms with Gasteiger partial charge in [-0.2, -0.15) is 0 Å². The molecule has 0 saturated carbocycles. The molecule has 0 heterocycles. The number of rotatable bonds is 7. The summed E-state index contributed by atoms with van der Waals surface area (Å²) in [4.78, 5) is 0. The molecule has 0 amide bonds. The van der Waals surface area contributed by atoms with Crippen LogP contribution in [0.15, 0.2) is 18.2 Å². The highest BCUT2D eigenvalue weighted by atomic mass is 35.5. The summed E-state index contributed by atoms with van der Waals surface area (Å²) in [6, 6.07) is 5.39. The summed E-state index contributed by atoms with van der Waals surface area (Å²) >= 11 is 5.87. The first-order valence-electron chi connectivity index (χ1n) is 5.60. The van der Waals surface area contributed by atoms with Crippen molar-refractivity contribution in [3.8, 4) is 0 Å². The van der Waals surface area contributed by atoms with Crippen LogP contribution in [-0.2, 0) is 4.74 Å². The Kier molecular flexibility index (Phi) is 6.04. The number of hydrogen-bond donors (Lipinski definition) is 2.